The molecule has 0 aliphatic rings. The highest BCUT2D eigenvalue weighted by Gasteiger charge is 2.08. The van der Waals surface area contributed by atoms with E-state index in [1.807, 2.05) is 24.9 Å². The number of rotatable bonds is 6. The smallest absolute Gasteiger partial charge is 0.236 e. The third kappa shape index (κ3) is 3.97. The first-order chi connectivity index (χ1) is 7.27. The minimum absolute atomic E-state index is 0.157. The van der Waals surface area contributed by atoms with Crippen LogP contribution in [0, 0.1) is 0 Å². The maximum absolute atomic E-state index is 11.6. The van der Waals surface area contributed by atoms with Crippen LogP contribution < -0.4 is 5.32 Å². The fourth-order valence-electron chi connectivity index (χ4n) is 1.31. The number of nitrogens with one attached hydrogen (secondary N) is 1. The van der Waals surface area contributed by atoms with Crippen LogP contribution >= 0.6 is 11.3 Å². The van der Waals surface area contributed by atoms with Crippen molar-refractivity contribution in [1.82, 2.24) is 15.2 Å². The fraction of sp³-hybridized carbons (Fsp3) is 0.600. The fourth-order valence-corrected chi connectivity index (χ4v) is 1.87. The quantitative estimate of drug-likeness (QED) is 0.791. The van der Waals surface area contributed by atoms with Gasteiger partial charge in [0.15, 0.2) is 0 Å². The molecule has 0 bridgehead atoms. The molecule has 0 fully saturated rings. The van der Waals surface area contributed by atoms with Gasteiger partial charge in [0, 0.05) is 30.7 Å². The molecule has 15 heavy (non-hydrogen) atoms. The SMILES string of the molecule is CCN(CC)C(=O)CNCc1cncs1. The minimum Gasteiger partial charge on any atom is -0.342 e. The van der Waals surface area contributed by atoms with Gasteiger partial charge in [-0.15, -0.1) is 11.3 Å². The number of carbonyl (C=O) groups is 1. The normalized spacial score (nSPS) is 10.3. The summed E-state index contributed by atoms with van der Waals surface area (Å²) in [6.07, 6.45) is 1.82. The van der Waals surface area contributed by atoms with E-state index in [9.17, 15) is 4.79 Å². The highest BCUT2D eigenvalue weighted by atomic mass is 32.1. The van der Waals surface area contributed by atoms with E-state index in [0.717, 1.165) is 24.5 Å². The molecule has 1 N–H and O–H groups in total. The Kier molecular flexibility index (Phi) is 5.28. The zero-order valence-corrected chi connectivity index (χ0v) is 10.0. The lowest BCUT2D eigenvalue weighted by Crippen LogP contribution is -2.37. The molecular weight excluding hydrogens is 210 g/mol. The van der Waals surface area contributed by atoms with Crippen LogP contribution in [0.5, 0.6) is 0 Å². The number of amides is 1. The average Bonchev–Trinajstić information content (AvgIpc) is 2.72. The van der Waals surface area contributed by atoms with Crippen molar-refractivity contribution in [2.45, 2.75) is 20.4 Å². The van der Waals surface area contributed by atoms with Crippen LogP contribution in [0.3, 0.4) is 0 Å². The third-order valence-electron chi connectivity index (χ3n) is 2.18. The van der Waals surface area contributed by atoms with Crippen LogP contribution in [0.25, 0.3) is 0 Å². The van der Waals surface area contributed by atoms with Gasteiger partial charge >= 0.3 is 0 Å². The molecular formula is C10H17N3OS. The Balaban J connectivity index is 2.22. The van der Waals surface area contributed by atoms with Crippen molar-refractivity contribution in [1.29, 1.82) is 0 Å². The monoisotopic (exact) mass is 227 g/mol. The van der Waals surface area contributed by atoms with Crippen molar-refractivity contribution in [2.24, 2.45) is 0 Å². The van der Waals surface area contributed by atoms with Crippen LogP contribution in [0.15, 0.2) is 11.7 Å². The van der Waals surface area contributed by atoms with E-state index < -0.39 is 0 Å². The summed E-state index contributed by atoms with van der Waals surface area (Å²) in [7, 11) is 0. The summed E-state index contributed by atoms with van der Waals surface area (Å²) in [6, 6.07) is 0. The summed E-state index contributed by atoms with van der Waals surface area (Å²) < 4.78 is 0. The number of carbonyl (C=O) groups excluding carboxylic acids is 1. The molecule has 0 saturated carbocycles. The number of hydrogen-bond acceptors (Lipinski definition) is 4. The van der Waals surface area contributed by atoms with Crippen molar-refractivity contribution in [3.8, 4) is 0 Å². The molecule has 1 amide bonds. The first-order valence-electron chi connectivity index (χ1n) is 5.13. The molecule has 0 atom stereocenters. The van der Waals surface area contributed by atoms with Gasteiger partial charge < -0.3 is 10.2 Å². The predicted molar refractivity (Wildman–Crippen MR) is 61.7 cm³/mol. The van der Waals surface area contributed by atoms with Crippen molar-refractivity contribution in [3.05, 3.63) is 16.6 Å². The van der Waals surface area contributed by atoms with Gasteiger partial charge in [-0.05, 0) is 13.8 Å². The Morgan fingerprint density at radius 1 is 1.53 bits per heavy atom. The molecule has 84 valence electrons. The van der Waals surface area contributed by atoms with E-state index in [2.05, 4.69) is 10.3 Å². The molecule has 0 saturated heterocycles. The summed E-state index contributed by atoms with van der Waals surface area (Å²) >= 11 is 1.60. The van der Waals surface area contributed by atoms with Gasteiger partial charge in [-0.3, -0.25) is 9.78 Å². The lowest BCUT2D eigenvalue weighted by molar-refractivity contribution is -0.129. The molecule has 5 heteroatoms. The Labute approximate surface area is 94.3 Å². The van der Waals surface area contributed by atoms with Crippen LogP contribution in [0.4, 0.5) is 0 Å². The average molecular weight is 227 g/mol. The topological polar surface area (TPSA) is 45.2 Å². The molecule has 0 aliphatic carbocycles. The van der Waals surface area contributed by atoms with E-state index in [1.165, 1.54) is 0 Å². The van der Waals surface area contributed by atoms with Crippen LogP contribution in [-0.2, 0) is 11.3 Å². The number of nitrogens with zero attached hydrogens (tertiary/aromatic N) is 2. The molecule has 1 heterocycles. The highest BCUT2D eigenvalue weighted by Crippen LogP contribution is 2.03. The highest BCUT2D eigenvalue weighted by molar-refractivity contribution is 7.09. The predicted octanol–water partition coefficient (Wildman–Crippen LogP) is 1.10. The lowest BCUT2D eigenvalue weighted by Gasteiger charge is -2.18. The van der Waals surface area contributed by atoms with Crippen molar-refractivity contribution < 1.29 is 4.79 Å². The summed E-state index contributed by atoms with van der Waals surface area (Å²) in [5.74, 6) is 0.157. The molecule has 1 aromatic heterocycles. The van der Waals surface area contributed by atoms with Gasteiger partial charge in [0.2, 0.25) is 5.91 Å². The number of hydrogen-bond donors (Lipinski definition) is 1. The lowest BCUT2D eigenvalue weighted by atomic mass is 10.4. The third-order valence-corrected chi connectivity index (χ3v) is 2.95. The molecule has 0 unspecified atom stereocenters. The Morgan fingerprint density at radius 2 is 2.27 bits per heavy atom. The van der Waals surface area contributed by atoms with Gasteiger partial charge in [-0.25, -0.2) is 0 Å². The Hall–Kier alpha value is -0.940. The molecule has 4 nitrogen and oxygen atoms in total. The van der Waals surface area contributed by atoms with E-state index in [-0.39, 0.29) is 5.91 Å². The van der Waals surface area contributed by atoms with Crippen molar-refractivity contribution >= 4 is 17.2 Å². The standard InChI is InChI=1S/C10H17N3OS/c1-3-13(4-2)10(14)7-11-5-9-6-12-8-15-9/h6,8,11H,3-5,7H2,1-2H3. The van der Waals surface area contributed by atoms with E-state index >= 15 is 0 Å². The van der Waals surface area contributed by atoms with E-state index in [4.69, 9.17) is 0 Å². The van der Waals surface area contributed by atoms with Gasteiger partial charge in [0.05, 0.1) is 12.1 Å². The first-order valence-corrected chi connectivity index (χ1v) is 6.01. The van der Waals surface area contributed by atoms with Crippen LogP contribution in [0.1, 0.15) is 18.7 Å². The van der Waals surface area contributed by atoms with Gasteiger partial charge in [0.25, 0.3) is 0 Å². The zero-order chi connectivity index (χ0) is 11.1. The van der Waals surface area contributed by atoms with Crippen molar-refractivity contribution in [3.63, 3.8) is 0 Å². The zero-order valence-electron chi connectivity index (χ0n) is 9.19. The van der Waals surface area contributed by atoms with E-state index in [1.54, 1.807) is 16.8 Å². The molecule has 0 aromatic carbocycles. The maximum Gasteiger partial charge on any atom is 0.236 e. The van der Waals surface area contributed by atoms with Gasteiger partial charge in [0.1, 0.15) is 0 Å². The van der Waals surface area contributed by atoms with Gasteiger partial charge in [-0.1, -0.05) is 0 Å². The summed E-state index contributed by atoms with van der Waals surface area (Å²) in [6.45, 7) is 6.65. The second kappa shape index (κ2) is 6.53. The molecule has 0 aliphatic heterocycles. The second-order valence-electron chi connectivity index (χ2n) is 3.14. The van der Waals surface area contributed by atoms with Crippen molar-refractivity contribution in [2.75, 3.05) is 19.6 Å². The summed E-state index contributed by atoms with van der Waals surface area (Å²) in [5.41, 5.74) is 1.79. The number of thiazole rings is 1. The Morgan fingerprint density at radius 3 is 2.80 bits per heavy atom. The second-order valence-corrected chi connectivity index (χ2v) is 4.11. The number of aromatic nitrogens is 1. The van der Waals surface area contributed by atoms with Crippen LogP contribution in [-0.4, -0.2) is 35.4 Å². The maximum atomic E-state index is 11.6. The molecule has 0 spiro atoms. The minimum atomic E-state index is 0.157. The summed E-state index contributed by atoms with van der Waals surface area (Å²) in [5, 5.41) is 3.12. The molecule has 1 rings (SSSR count). The summed E-state index contributed by atoms with van der Waals surface area (Å²) in [4.78, 5) is 18.5. The van der Waals surface area contributed by atoms with E-state index in [0.29, 0.717) is 6.54 Å². The number of likely N-dealkylation sites (N-methyl/N-ethyl adjacent to an activating group) is 1. The Bertz CT molecular complexity index is 283. The molecule has 0 radical (unpaired) electrons. The molecule has 1 aromatic rings. The largest absolute Gasteiger partial charge is 0.342 e. The first kappa shape index (κ1) is 12.1. The van der Waals surface area contributed by atoms with Gasteiger partial charge in [-0.2, -0.15) is 0 Å². The van der Waals surface area contributed by atoms with Crippen LogP contribution in [0.2, 0.25) is 0 Å².